The van der Waals surface area contributed by atoms with E-state index in [1.54, 1.807) is 13.0 Å². The topological polar surface area (TPSA) is 147 Å². The van der Waals surface area contributed by atoms with Crippen molar-refractivity contribution in [3.63, 3.8) is 0 Å². The first-order chi connectivity index (χ1) is 20.2. The van der Waals surface area contributed by atoms with Crippen LogP contribution in [0.4, 0.5) is 5.69 Å². The van der Waals surface area contributed by atoms with E-state index in [4.69, 9.17) is 18.6 Å². The second kappa shape index (κ2) is 13.6. The molecule has 0 unspecified atom stereocenters. The van der Waals surface area contributed by atoms with Crippen LogP contribution in [0.1, 0.15) is 40.2 Å². The normalized spacial score (nSPS) is 11.0. The van der Waals surface area contributed by atoms with Crippen LogP contribution in [0.15, 0.2) is 74.7 Å². The predicted octanol–water partition coefficient (Wildman–Crippen LogP) is 5.64. The number of nitro groups is 1. The first-order valence-corrected chi connectivity index (χ1v) is 13.5. The van der Waals surface area contributed by atoms with Crippen molar-refractivity contribution in [3.05, 3.63) is 104 Å². The van der Waals surface area contributed by atoms with Gasteiger partial charge in [-0.15, -0.1) is 0 Å². The van der Waals surface area contributed by atoms with Gasteiger partial charge in [0, 0.05) is 28.7 Å². The molecule has 0 radical (unpaired) electrons. The lowest BCUT2D eigenvalue weighted by Gasteiger charge is -2.10. The molecule has 2 aromatic carbocycles. The van der Waals surface area contributed by atoms with Crippen LogP contribution in [0.3, 0.4) is 0 Å². The number of hydrogen-bond donors (Lipinski definition) is 1. The van der Waals surface area contributed by atoms with E-state index in [0.29, 0.717) is 17.1 Å². The molecule has 12 nitrogen and oxygen atoms in total. The minimum absolute atomic E-state index is 0.00882. The molecule has 4 rings (SSSR count). The van der Waals surface area contributed by atoms with Crippen LogP contribution in [0.25, 0.3) is 5.69 Å². The molecule has 2 heterocycles. The highest BCUT2D eigenvalue weighted by Gasteiger charge is 2.21. The molecule has 1 amide bonds. The van der Waals surface area contributed by atoms with E-state index in [0.717, 1.165) is 17.1 Å². The van der Waals surface area contributed by atoms with Crippen LogP contribution in [-0.4, -0.2) is 40.8 Å². The van der Waals surface area contributed by atoms with Gasteiger partial charge in [-0.3, -0.25) is 14.9 Å². The molecular formula is C29H27BrN4O8. The van der Waals surface area contributed by atoms with Crippen molar-refractivity contribution in [1.29, 1.82) is 0 Å². The lowest BCUT2D eigenvalue weighted by Crippen LogP contribution is -2.17. The predicted molar refractivity (Wildman–Crippen MR) is 156 cm³/mol. The van der Waals surface area contributed by atoms with E-state index in [-0.39, 0.29) is 29.2 Å². The van der Waals surface area contributed by atoms with Gasteiger partial charge in [-0.05, 0) is 91.3 Å². The molecule has 4 aromatic rings. The molecule has 13 heteroatoms. The molecule has 0 aliphatic carbocycles. The Morgan fingerprint density at radius 3 is 2.45 bits per heavy atom. The summed E-state index contributed by atoms with van der Waals surface area (Å²) in [6, 6.07) is 17.6. The number of hydrogen-bond acceptors (Lipinski definition) is 9. The number of aryl methyl sites for hydroxylation is 2. The minimum atomic E-state index is -0.661. The molecule has 0 aliphatic rings. The van der Waals surface area contributed by atoms with Crippen molar-refractivity contribution in [2.24, 2.45) is 5.10 Å². The quantitative estimate of drug-likeness (QED) is 0.0907. The molecule has 42 heavy (non-hydrogen) atoms. The summed E-state index contributed by atoms with van der Waals surface area (Å²) in [5.41, 5.74) is 5.50. The summed E-state index contributed by atoms with van der Waals surface area (Å²) in [7, 11) is 0. The third-order valence-corrected chi connectivity index (χ3v) is 6.48. The molecule has 218 valence electrons. The Kier molecular flexibility index (Phi) is 9.76. The number of esters is 1. The van der Waals surface area contributed by atoms with Crippen molar-refractivity contribution in [1.82, 2.24) is 9.99 Å². The Balaban J connectivity index is 1.33. The Hall–Kier alpha value is -4.91. The minimum Gasteiger partial charge on any atom is -0.486 e. The van der Waals surface area contributed by atoms with Gasteiger partial charge < -0.3 is 23.2 Å². The van der Waals surface area contributed by atoms with Gasteiger partial charge in [-0.25, -0.2) is 10.2 Å². The van der Waals surface area contributed by atoms with Crippen LogP contribution in [0.2, 0.25) is 0 Å². The Labute approximate surface area is 249 Å². The highest BCUT2D eigenvalue weighted by molar-refractivity contribution is 9.10. The summed E-state index contributed by atoms with van der Waals surface area (Å²) in [5.74, 6) is -0.334. The molecule has 0 atom stereocenters. The Morgan fingerprint density at radius 1 is 1.07 bits per heavy atom. The van der Waals surface area contributed by atoms with Crippen molar-refractivity contribution in [2.75, 3.05) is 13.2 Å². The maximum Gasteiger partial charge on any atom is 0.344 e. The maximum absolute atomic E-state index is 12.5. The van der Waals surface area contributed by atoms with Gasteiger partial charge in [-0.1, -0.05) is 0 Å². The number of benzene rings is 2. The fraction of sp³-hybridized carbons (Fsp3) is 0.207. The Bertz CT molecular complexity index is 1610. The van der Waals surface area contributed by atoms with E-state index >= 15 is 0 Å². The highest BCUT2D eigenvalue weighted by Crippen LogP contribution is 2.36. The number of ether oxygens (including phenoxy) is 3. The van der Waals surface area contributed by atoms with E-state index in [1.807, 2.05) is 38.1 Å². The fourth-order valence-corrected chi connectivity index (χ4v) is 4.59. The molecule has 2 aromatic heterocycles. The van der Waals surface area contributed by atoms with E-state index in [2.05, 4.69) is 43.2 Å². The summed E-state index contributed by atoms with van der Waals surface area (Å²) < 4.78 is 23.8. The molecular weight excluding hydrogens is 612 g/mol. The number of rotatable bonds is 12. The number of halogens is 1. The fourth-order valence-electron chi connectivity index (χ4n) is 4.01. The van der Waals surface area contributed by atoms with Gasteiger partial charge in [0.25, 0.3) is 0 Å². The number of aromatic nitrogens is 1. The Morgan fingerprint density at radius 2 is 1.79 bits per heavy atom. The third kappa shape index (κ3) is 7.43. The van der Waals surface area contributed by atoms with Gasteiger partial charge in [0.1, 0.15) is 18.1 Å². The lowest BCUT2D eigenvalue weighted by atomic mass is 10.2. The first kappa shape index (κ1) is 30.1. The van der Waals surface area contributed by atoms with Crippen molar-refractivity contribution >= 4 is 39.7 Å². The molecule has 0 saturated carbocycles. The van der Waals surface area contributed by atoms with Crippen LogP contribution in [0, 0.1) is 24.0 Å². The number of carbonyl (C=O) groups excluding carboxylic acids is 2. The molecule has 0 bridgehead atoms. The van der Waals surface area contributed by atoms with E-state index < -0.39 is 29.1 Å². The van der Waals surface area contributed by atoms with Crippen molar-refractivity contribution in [2.45, 2.75) is 27.4 Å². The lowest BCUT2D eigenvalue weighted by molar-refractivity contribution is -0.385. The summed E-state index contributed by atoms with van der Waals surface area (Å²) in [4.78, 5) is 34.9. The monoisotopic (exact) mass is 638 g/mol. The number of nitrogens with one attached hydrogen (secondary N) is 1. The number of nitrogens with zero attached hydrogens (tertiary/aromatic N) is 3. The number of nitro benzene ring substituents is 1. The second-order valence-electron chi connectivity index (χ2n) is 8.90. The van der Waals surface area contributed by atoms with E-state index in [1.165, 1.54) is 24.4 Å². The van der Waals surface area contributed by atoms with Crippen LogP contribution in [0.5, 0.6) is 11.5 Å². The van der Waals surface area contributed by atoms with Gasteiger partial charge in [0.2, 0.25) is 5.75 Å². The van der Waals surface area contributed by atoms with Crippen LogP contribution < -0.4 is 14.9 Å². The van der Waals surface area contributed by atoms with Crippen LogP contribution in [-0.2, 0) is 16.1 Å². The average Bonchev–Trinajstić information content (AvgIpc) is 3.57. The number of carbonyl (C=O) groups is 2. The highest BCUT2D eigenvalue weighted by atomic mass is 79.9. The first-order valence-electron chi connectivity index (χ1n) is 12.7. The van der Waals surface area contributed by atoms with Gasteiger partial charge in [0.05, 0.1) is 22.2 Å². The summed E-state index contributed by atoms with van der Waals surface area (Å²) in [5, 5.41) is 15.4. The zero-order chi connectivity index (χ0) is 30.2. The zero-order valence-electron chi connectivity index (χ0n) is 23.0. The maximum atomic E-state index is 12.5. The largest absolute Gasteiger partial charge is 0.486 e. The SMILES string of the molecule is CCOC(=O)COc1c(Br)cc(/C=N/NC(=O)c2ccc(COc3ccc(-n4c(C)ccc4C)cc3)o2)cc1[N+](=O)[O-]. The van der Waals surface area contributed by atoms with Gasteiger partial charge >= 0.3 is 17.6 Å². The number of hydrazone groups is 1. The zero-order valence-corrected chi connectivity index (χ0v) is 24.5. The van der Waals surface area contributed by atoms with Crippen molar-refractivity contribution in [3.8, 4) is 17.2 Å². The molecule has 0 spiro atoms. The number of amides is 1. The summed E-state index contributed by atoms with van der Waals surface area (Å²) in [6.07, 6.45) is 1.22. The molecule has 0 saturated heterocycles. The molecule has 0 aliphatic heterocycles. The third-order valence-electron chi connectivity index (χ3n) is 5.90. The number of furan rings is 1. The summed E-state index contributed by atoms with van der Waals surface area (Å²) in [6.45, 7) is 5.50. The smallest absolute Gasteiger partial charge is 0.344 e. The van der Waals surface area contributed by atoms with Crippen molar-refractivity contribution < 1.29 is 33.1 Å². The van der Waals surface area contributed by atoms with Gasteiger partial charge in [-0.2, -0.15) is 5.10 Å². The summed E-state index contributed by atoms with van der Waals surface area (Å²) >= 11 is 3.21. The standard InChI is InChI=1S/C29H27BrN4O8/c1-4-39-27(35)17-41-28-24(30)13-20(14-25(28)34(37)38)15-31-32-29(36)26-12-11-23(42-26)16-40-22-9-7-21(8-10-22)33-18(2)5-6-19(33)3/h5-15H,4,16-17H2,1-3H3,(H,32,36)/b31-15+. The average molecular weight is 639 g/mol. The molecule has 0 fully saturated rings. The second-order valence-corrected chi connectivity index (χ2v) is 9.76. The molecule has 1 N–H and O–H groups in total. The van der Waals surface area contributed by atoms with Gasteiger partial charge in [0.15, 0.2) is 12.4 Å². The van der Waals surface area contributed by atoms with E-state index in [9.17, 15) is 19.7 Å². The van der Waals surface area contributed by atoms with Crippen LogP contribution >= 0.6 is 15.9 Å².